The van der Waals surface area contributed by atoms with E-state index in [4.69, 9.17) is 4.74 Å². The Morgan fingerprint density at radius 3 is 2.42 bits per heavy atom. The zero-order chi connectivity index (χ0) is 19.3. The van der Waals surface area contributed by atoms with Crippen LogP contribution in [0.3, 0.4) is 0 Å². The van der Waals surface area contributed by atoms with Crippen molar-refractivity contribution in [1.29, 1.82) is 0 Å². The topological polar surface area (TPSA) is 47.4 Å². The van der Waals surface area contributed by atoms with Crippen molar-refractivity contribution in [2.24, 2.45) is 7.05 Å². The molecule has 142 valence electrons. The SMILES string of the molecule is COCCN(Cc1c(C)nn(C)c1C)C(=O)CC(C)(C)c1ccccc1. The standard InChI is InChI=1S/C21H31N3O2/c1-16-19(17(2)23(5)22-16)15-24(12-13-26-6)20(25)14-21(3,4)18-10-8-7-9-11-18/h7-11H,12-15H2,1-6H3. The van der Waals surface area contributed by atoms with E-state index in [1.54, 1.807) is 7.11 Å². The Bertz CT molecular complexity index is 735. The van der Waals surface area contributed by atoms with Crippen LogP contribution >= 0.6 is 0 Å². The third kappa shape index (κ3) is 4.73. The second kappa shape index (κ2) is 8.49. The van der Waals surface area contributed by atoms with Gasteiger partial charge in [0.2, 0.25) is 5.91 Å². The van der Waals surface area contributed by atoms with Gasteiger partial charge in [-0.3, -0.25) is 9.48 Å². The number of hydrogen-bond acceptors (Lipinski definition) is 3. The second-order valence-corrected chi connectivity index (χ2v) is 7.51. The number of aromatic nitrogens is 2. The summed E-state index contributed by atoms with van der Waals surface area (Å²) < 4.78 is 7.10. The summed E-state index contributed by atoms with van der Waals surface area (Å²) in [4.78, 5) is 15.0. The first-order valence-corrected chi connectivity index (χ1v) is 9.07. The molecule has 0 N–H and O–H groups in total. The molecule has 5 heteroatoms. The van der Waals surface area contributed by atoms with Crippen molar-refractivity contribution in [3.8, 4) is 0 Å². The summed E-state index contributed by atoms with van der Waals surface area (Å²) in [6.45, 7) is 9.95. The molecule has 0 radical (unpaired) electrons. The largest absolute Gasteiger partial charge is 0.383 e. The fourth-order valence-electron chi connectivity index (χ4n) is 3.21. The van der Waals surface area contributed by atoms with Crippen molar-refractivity contribution in [3.63, 3.8) is 0 Å². The predicted molar refractivity (Wildman–Crippen MR) is 104 cm³/mol. The molecule has 0 aliphatic rings. The number of benzene rings is 1. The van der Waals surface area contributed by atoms with E-state index in [-0.39, 0.29) is 11.3 Å². The summed E-state index contributed by atoms with van der Waals surface area (Å²) in [6.07, 6.45) is 0.457. The third-order valence-corrected chi connectivity index (χ3v) is 5.07. The Morgan fingerprint density at radius 2 is 1.88 bits per heavy atom. The molecule has 0 spiro atoms. The lowest BCUT2D eigenvalue weighted by atomic mass is 9.81. The summed E-state index contributed by atoms with van der Waals surface area (Å²) in [6, 6.07) is 10.2. The molecular weight excluding hydrogens is 326 g/mol. The minimum atomic E-state index is -0.220. The van der Waals surface area contributed by atoms with Gasteiger partial charge < -0.3 is 9.64 Å². The van der Waals surface area contributed by atoms with Crippen molar-refractivity contribution < 1.29 is 9.53 Å². The molecular formula is C21H31N3O2. The molecule has 1 aromatic heterocycles. The Labute approximate surface area is 157 Å². The van der Waals surface area contributed by atoms with Crippen molar-refractivity contribution in [1.82, 2.24) is 14.7 Å². The molecule has 1 aromatic carbocycles. The van der Waals surface area contributed by atoms with Crippen LogP contribution in [0, 0.1) is 13.8 Å². The molecule has 0 aliphatic heterocycles. The molecule has 1 heterocycles. The molecule has 5 nitrogen and oxygen atoms in total. The maximum absolute atomic E-state index is 13.1. The fraction of sp³-hybridized carbons (Fsp3) is 0.524. The molecule has 1 amide bonds. The maximum atomic E-state index is 13.1. The van der Waals surface area contributed by atoms with E-state index < -0.39 is 0 Å². The van der Waals surface area contributed by atoms with Gasteiger partial charge in [-0.1, -0.05) is 44.2 Å². The van der Waals surface area contributed by atoms with Crippen LogP contribution in [0.5, 0.6) is 0 Å². The van der Waals surface area contributed by atoms with E-state index >= 15 is 0 Å². The average molecular weight is 357 g/mol. The van der Waals surface area contributed by atoms with Gasteiger partial charge in [-0.2, -0.15) is 5.10 Å². The first kappa shape index (κ1) is 20.2. The van der Waals surface area contributed by atoms with Crippen LogP contribution in [0.1, 0.15) is 42.8 Å². The minimum Gasteiger partial charge on any atom is -0.383 e. The van der Waals surface area contributed by atoms with Gasteiger partial charge in [0.25, 0.3) is 0 Å². The smallest absolute Gasteiger partial charge is 0.223 e. The number of hydrogen-bond donors (Lipinski definition) is 0. The summed E-state index contributed by atoms with van der Waals surface area (Å²) in [7, 11) is 3.60. The molecule has 0 bridgehead atoms. The van der Waals surface area contributed by atoms with Gasteiger partial charge >= 0.3 is 0 Å². The molecule has 2 aromatic rings. The third-order valence-electron chi connectivity index (χ3n) is 5.07. The van der Waals surface area contributed by atoms with Crippen LogP contribution in [0.15, 0.2) is 30.3 Å². The van der Waals surface area contributed by atoms with Crippen LogP contribution in [-0.2, 0) is 28.5 Å². The first-order chi connectivity index (χ1) is 12.3. The van der Waals surface area contributed by atoms with Gasteiger partial charge in [0, 0.05) is 44.9 Å². The van der Waals surface area contributed by atoms with E-state index in [0.717, 1.165) is 17.0 Å². The van der Waals surface area contributed by atoms with E-state index in [2.05, 4.69) is 31.1 Å². The zero-order valence-corrected chi connectivity index (χ0v) is 16.9. The zero-order valence-electron chi connectivity index (χ0n) is 16.9. The normalized spacial score (nSPS) is 11.6. The highest BCUT2D eigenvalue weighted by Crippen LogP contribution is 2.28. The first-order valence-electron chi connectivity index (χ1n) is 9.07. The average Bonchev–Trinajstić information content (AvgIpc) is 2.84. The molecule has 0 saturated heterocycles. The monoisotopic (exact) mass is 357 g/mol. The quantitative estimate of drug-likeness (QED) is 0.728. The molecule has 0 fully saturated rings. The summed E-state index contributed by atoms with van der Waals surface area (Å²) in [5.41, 5.74) is 4.15. The van der Waals surface area contributed by atoms with E-state index in [1.807, 2.05) is 48.7 Å². The fourth-order valence-corrected chi connectivity index (χ4v) is 3.21. The Balaban J connectivity index is 2.19. The van der Waals surface area contributed by atoms with Gasteiger partial charge in [-0.05, 0) is 24.8 Å². The lowest BCUT2D eigenvalue weighted by molar-refractivity contribution is -0.133. The Morgan fingerprint density at radius 1 is 1.23 bits per heavy atom. The highest BCUT2D eigenvalue weighted by atomic mass is 16.5. The van der Waals surface area contributed by atoms with Crippen LogP contribution < -0.4 is 0 Å². The van der Waals surface area contributed by atoms with Crippen LogP contribution in [0.4, 0.5) is 0 Å². The second-order valence-electron chi connectivity index (χ2n) is 7.51. The molecule has 2 rings (SSSR count). The van der Waals surface area contributed by atoms with Gasteiger partial charge in [-0.15, -0.1) is 0 Å². The van der Waals surface area contributed by atoms with E-state index in [9.17, 15) is 4.79 Å². The van der Waals surface area contributed by atoms with E-state index in [0.29, 0.717) is 26.1 Å². The van der Waals surface area contributed by atoms with Crippen molar-refractivity contribution >= 4 is 5.91 Å². The van der Waals surface area contributed by atoms with Gasteiger partial charge in [0.15, 0.2) is 0 Å². The predicted octanol–water partition coefficient (Wildman–Crippen LogP) is 3.38. The number of amides is 1. The Hall–Kier alpha value is -2.14. The van der Waals surface area contributed by atoms with Crippen LogP contribution in [0.25, 0.3) is 0 Å². The van der Waals surface area contributed by atoms with Crippen LogP contribution in [-0.4, -0.2) is 40.8 Å². The number of nitrogens with zero attached hydrogens (tertiary/aromatic N) is 3. The summed E-state index contributed by atoms with van der Waals surface area (Å²) >= 11 is 0. The van der Waals surface area contributed by atoms with Gasteiger partial charge in [0.1, 0.15) is 0 Å². The summed E-state index contributed by atoms with van der Waals surface area (Å²) in [5.74, 6) is 0.138. The number of ether oxygens (including phenoxy) is 1. The summed E-state index contributed by atoms with van der Waals surface area (Å²) in [5, 5.41) is 4.47. The molecule has 26 heavy (non-hydrogen) atoms. The van der Waals surface area contributed by atoms with Gasteiger partial charge in [-0.25, -0.2) is 0 Å². The molecule has 0 saturated carbocycles. The number of carbonyl (C=O) groups excluding carboxylic acids is 1. The van der Waals surface area contributed by atoms with Gasteiger partial charge in [0.05, 0.1) is 12.3 Å². The molecule has 0 aliphatic carbocycles. The number of carbonyl (C=O) groups is 1. The molecule has 0 unspecified atom stereocenters. The minimum absolute atomic E-state index is 0.138. The highest BCUT2D eigenvalue weighted by molar-refractivity contribution is 5.77. The molecule has 0 atom stereocenters. The lowest BCUT2D eigenvalue weighted by Crippen LogP contribution is -2.37. The Kier molecular flexibility index (Phi) is 6.59. The van der Waals surface area contributed by atoms with Crippen molar-refractivity contribution in [2.75, 3.05) is 20.3 Å². The van der Waals surface area contributed by atoms with Crippen LogP contribution in [0.2, 0.25) is 0 Å². The highest BCUT2D eigenvalue weighted by Gasteiger charge is 2.27. The van der Waals surface area contributed by atoms with E-state index in [1.165, 1.54) is 5.56 Å². The number of aryl methyl sites for hydroxylation is 2. The lowest BCUT2D eigenvalue weighted by Gasteiger charge is -2.29. The van der Waals surface area contributed by atoms with Crippen molar-refractivity contribution in [2.45, 2.75) is 46.1 Å². The van der Waals surface area contributed by atoms with Crippen molar-refractivity contribution in [3.05, 3.63) is 52.8 Å². The number of methoxy groups -OCH3 is 1. The maximum Gasteiger partial charge on any atom is 0.223 e. The number of rotatable bonds is 8.